The van der Waals surface area contributed by atoms with Gasteiger partial charge in [0.2, 0.25) is 23.6 Å². The molecule has 0 saturated heterocycles. The Morgan fingerprint density at radius 2 is 0.978 bits per heavy atom. The van der Waals surface area contributed by atoms with Crippen LogP contribution in [0.4, 0.5) is 0 Å². The number of hydrogen-bond acceptors (Lipinski definition) is 8. The van der Waals surface area contributed by atoms with Crippen molar-refractivity contribution in [2.75, 3.05) is 32.8 Å². The predicted molar refractivity (Wildman–Crippen MR) is 164 cm³/mol. The van der Waals surface area contributed by atoms with Crippen molar-refractivity contribution in [3.05, 3.63) is 0 Å². The van der Waals surface area contributed by atoms with Crippen molar-refractivity contribution in [2.24, 2.45) is 5.92 Å². The van der Waals surface area contributed by atoms with E-state index in [0.29, 0.717) is 58.2 Å². The number of carbonyl (C=O) groups is 6. The maximum atomic E-state index is 13.3. The standard InChI is InChI=1S/C29H57N9O8/c1-18(2)15-19(33)25(42)35-21(10-4-7-13-31)28(45)38-23(17-39)29(46)37-22(11-5-8-14-32)27(44)36-20(9-3-6-12-30)26(43)34-16-24(40)41/h18-23,39H,3-17,30-33H2,1-2H3,(H,34,43)(H,35,42)(H,36,44)(H,37,46)(H,38,45)(H,40,41)/p+3/t19-,20-,21-,22-,23-/m0/s1. The number of rotatable bonds is 26. The predicted octanol–water partition coefficient (Wildman–Crippen LogP) is -7.32. The number of carboxylic acids is 1. The van der Waals surface area contributed by atoms with Crippen molar-refractivity contribution >= 4 is 35.5 Å². The first-order chi connectivity index (χ1) is 21.8. The van der Waals surface area contributed by atoms with Crippen molar-refractivity contribution in [3.63, 3.8) is 0 Å². The van der Waals surface area contributed by atoms with Crippen LogP contribution in [-0.4, -0.2) is 104 Å². The highest BCUT2D eigenvalue weighted by atomic mass is 16.4. The lowest BCUT2D eigenvalue weighted by molar-refractivity contribution is -0.406. The molecule has 17 nitrogen and oxygen atoms in total. The van der Waals surface area contributed by atoms with Gasteiger partial charge in [-0.3, -0.25) is 24.0 Å². The number of amides is 5. The maximum Gasteiger partial charge on any atom is 0.278 e. The van der Waals surface area contributed by atoms with E-state index in [1.807, 2.05) is 13.8 Å². The average Bonchev–Trinajstić information content (AvgIpc) is 3.00. The molecule has 0 aromatic heterocycles. The summed E-state index contributed by atoms with van der Waals surface area (Å²) in [6.45, 7) is 4.23. The first-order valence-electron chi connectivity index (χ1n) is 16.3. The molecule has 17 heteroatoms. The molecule has 266 valence electrons. The summed E-state index contributed by atoms with van der Waals surface area (Å²) in [4.78, 5) is 76.1. The summed E-state index contributed by atoms with van der Waals surface area (Å²) in [5.74, 6) is -4.58. The Balaban J connectivity index is 5.78. The zero-order valence-corrected chi connectivity index (χ0v) is 27.7. The van der Waals surface area contributed by atoms with Crippen molar-refractivity contribution in [2.45, 2.75) is 108 Å². The largest absolute Gasteiger partial charge is 0.548 e. The Morgan fingerprint density at radius 1 is 0.609 bits per heavy atom. The molecule has 0 aromatic rings. The van der Waals surface area contributed by atoms with Crippen LogP contribution in [0.5, 0.6) is 0 Å². The van der Waals surface area contributed by atoms with Crippen molar-refractivity contribution in [1.29, 1.82) is 0 Å². The van der Waals surface area contributed by atoms with E-state index in [4.69, 9.17) is 0 Å². The highest BCUT2D eigenvalue weighted by Crippen LogP contribution is 2.08. The average molecular weight is 663 g/mol. The molecule has 0 spiro atoms. The van der Waals surface area contributed by atoms with E-state index in [0.717, 1.165) is 6.42 Å². The number of unbranched alkanes of at least 4 members (excludes halogenated alkanes) is 3. The van der Waals surface area contributed by atoms with E-state index in [1.165, 1.54) is 0 Å². The number of carbonyl (C=O) groups excluding carboxylic acids is 6. The van der Waals surface area contributed by atoms with Gasteiger partial charge in [-0.25, -0.2) is 0 Å². The van der Waals surface area contributed by atoms with Gasteiger partial charge in [-0.1, -0.05) is 13.8 Å². The third kappa shape index (κ3) is 18.6. The molecule has 5 atom stereocenters. The van der Waals surface area contributed by atoms with Gasteiger partial charge < -0.3 is 64.5 Å². The lowest BCUT2D eigenvalue weighted by Crippen LogP contribution is -2.69. The van der Waals surface area contributed by atoms with Crippen LogP contribution in [0.1, 0.15) is 78.1 Å². The minimum absolute atomic E-state index is 0.177. The third-order valence-electron chi connectivity index (χ3n) is 7.23. The van der Waals surface area contributed by atoms with E-state index in [2.05, 4.69) is 49.5 Å². The van der Waals surface area contributed by atoms with E-state index < -0.39 is 78.9 Å². The number of aliphatic hydroxyl groups excluding tert-OH is 1. The molecule has 0 aliphatic heterocycles. The molecule has 0 bridgehead atoms. The molecule has 0 heterocycles. The molecule has 0 rings (SSSR count). The summed E-state index contributed by atoms with van der Waals surface area (Å²) in [5.41, 5.74) is 15.2. The van der Waals surface area contributed by atoms with Crippen LogP contribution < -0.4 is 54.6 Å². The minimum Gasteiger partial charge on any atom is -0.548 e. The molecule has 0 aliphatic carbocycles. The van der Waals surface area contributed by atoms with Crippen LogP contribution in [0.25, 0.3) is 0 Å². The molecule has 0 saturated carbocycles. The minimum atomic E-state index is -1.49. The Labute approximate surface area is 271 Å². The van der Waals surface area contributed by atoms with E-state index in [1.54, 1.807) is 0 Å². The quantitative estimate of drug-likeness (QED) is 0.0396. The molecule has 0 aliphatic rings. The van der Waals surface area contributed by atoms with Crippen LogP contribution in [0.2, 0.25) is 0 Å². The third-order valence-corrected chi connectivity index (χ3v) is 7.23. The fourth-order valence-electron chi connectivity index (χ4n) is 4.64. The molecule has 0 fully saturated rings. The molecule has 5 amide bonds. The van der Waals surface area contributed by atoms with Crippen LogP contribution in [-0.2, 0) is 28.8 Å². The number of nitrogens with one attached hydrogen (secondary N) is 5. The molecular formula is C29H60N9O8+3. The number of quaternary nitrogens is 4. The van der Waals surface area contributed by atoms with Crippen molar-refractivity contribution in [3.8, 4) is 0 Å². The lowest BCUT2D eigenvalue weighted by Gasteiger charge is -2.26. The lowest BCUT2D eigenvalue weighted by atomic mass is 10.0. The first kappa shape index (κ1) is 42.6. The topological polar surface area (TPSA) is 316 Å². The molecular weight excluding hydrogens is 602 g/mol. The second-order valence-electron chi connectivity index (χ2n) is 11.9. The molecule has 0 aromatic carbocycles. The highest BCUT2D eigenvalue weighted by Gasteiger charge is 2.32. The second kappa shape index (κ2) is 24.8. The highest BCUT2D eigenvalue weighted by molar-refractivity contribution is 5.96. The fourth-order valence-corrected chi connectivity index (χ4v) is 4.64. The van der Waals surface area contributed by atoms with Crippen LogP contribution in [0.3, 0.4) is 0 Å². The molecule has 0 radical (unpaired) electrons. The summed E-state index contributed by atoms with van der Waals surface area (Å²) in [5, 5.41) is 33.4. The van der Waals surface area contributed by atoms with Gasteiger partial charge in [0, 0.05) is 6.42 Å². The summed E-state index contributed by atoms with van der Waals surface area (Å²) >= 11 is 0. The van der Waals surface area contributed by atoms with Gasteiger partial charge in [-0.05, 0) is 63.7 Å². The Kier molecular flexibility index (Phi) is 23.0. The zero-order valence-electron chi connectivity index (χ0n) is 27.7. The summed E-state index contributed by atoms with van der Waals surface area (Å²) in [7, 11) is 0. The van der Waals surface area contributed by atoms with E-state index in [9.17, 15) is 39.0 Å². The van der Waals surface area contributed by atoms with Crippen LogP contribution in [0.15, 0.2) is 0 Å². The SMILES string of the molecule is CC(C)C[C@H]([NH3+])C(=O)N[C@@H](CCCC[NH3+])C(=O)N[C@@H](CO)C(=O)N[C@@H](CCCC[NH3+])C(=O)N[C@@H](CCCC[NH3+])C(=O)NCC(=O)[O-]. The molecule has 18 N–H and O–H groups in total. The van der Waals surface area contributed by atoms with E-state index >= 15 is 0 Å². The molecule has 0 unspecified atom stereocenters. The van der Waals surface area contributed by atoms with Crippen molar-refractivity contribution in [1.82, 2.24) is 26.6 Å². The van der Waals surface area contributed by atoms with Gasteiger partial charge in [-0.15, -0.1) is 0 Å². The monoisotopic (exact) mass is 662 g/mol. The van der Waals surface area contributed by atoms with Gasteiger partial charge in [0.05, 0.1) is 38.8 Å². The number of hydrogen-bond donors (Lipinski definition) is 10. The number of aliphatic hydroxyl groups is 1. The van der Waals surface area contributed by atoms with Gasteiger partial charge in [-0.2, -0.15) is 0 Å². The first-order valence-corrected chi connectivity index (χ1v) is 16.3. The smallest absolute Gasteiger partial charge is 0.278 e. The Hall–Kier alpha value is -3.38. The second-order valence-corrected chi connectivity index (χ2v) is 11.9. The number of aliphatic carboxylic acids is 1. The van der Waals surface area contributed by atoms with Gasteiger partial charge in [0.25, 0.3) is 5.91 Å². The molecule has 46 heavy (non-hydrogen) atoms. The maximum absolute atomic E-state index is 13.3. The van der Waals surface area contributed by atoms with Crippen LogP contribution >= 0.6 is 0 Å². The fraction of sp³-hybridized carbons (Fsp3) is 0.793. The van der Waals surface area contributed by atoms with Gasteiger partial charge >= 0.3 is 0 Å². The van der Waals surface area contributed by atoms with Crippen LogP contribution in [0, 0.1) is 5.92 Å². The summed E-state index contributed by atoms with van der Waals surface area (Å²) in [6, 6.07) is -5.21. The van der Waals surface area contributed by atoms with Gasteiger partial charge in [0.1, 0.15) is 24.2 Å². The van der Waals surface area contributed by atoms with Gasteiger partial charge in [0.15, 0.2) is 6.04 Å². The summed E-state index contributed by atoms with van der Waals surface area (Å²) in [6.07, 6.45) is 4.86. The van der Waals surface area contributed by atoms with E-state index in [-0.39, 0.29) is 25.2 Å². The summed E-state index contributed by atoms with van der Waals surface area (Å²) < 4.78 is 0. The normalized spacial score (nSPS) is 14.3. The van der Waals surface area contributed by atoms with Crippen molar-refractivity contribution < 1.29 is 61.9 Å². The Bertz CT molecular complexity index is 954. The zero-order chi connectivity index (χ0) is 35.1. The Morgan fingerprint density at radius 3 is 1.35 bits per heavy atom. The number of carboxylic acid groups (broad SMARTS) is 1.